The molecule has 2 rings (SSSR count). The number of amides is 1. The Hall–Kier alpha value is -1.56. The highest BCUT2D eigenvalue weighted by molar-refractivity contribution is 9.10. The van der Waals surface area contributed by atoms with E-state index in [-0.39, 0.29) is 12.5 Å². The summed E-state index contributed by atoms with van der Waals surface area (Å²) in [5.41, 5.74) is -0.707. The number of carbonyl (C=O) groups excluding carboxylic acids is 1. The third kappa shape index (κ3) is 4.46. The van der Waals surface area contributed by atoms with Crippen LogP contribution in [0.2, 0.25) is 0 Å². The van der Waals surface area contributed by atoms with Gasteiger partial charge in [-0.05, 0) is 47.3 Å². The van der Waals surface area contributed by atoms with E-state index in [1.807, 2.05) is 24.3 Å². The monoisotopic (exact) mass is 355 g/mol. The Morgan fingerprint density at radius 2 is 2.05 bits per heavy atom. The molecule has 0 heterocycles. The van der Waals surface area contributed by atoms with Gasteiger partial charge in [-0.1, -0.05) is 12.1 Å². The van der Waals surface area contributed by atoms with Gasteiger partial charge in [-0.2, -0.15) is 0 Å². The number of carbonyl (C=O) groups is 2. The minimum atomic E-state index is -0.819. The first kappa shape index (κ1) is 15.8. The molecule has 114 valence electrons. The van der Waals surface area contributed by atoms with Crippen LogP contribution >= 0.6 is 15.9 Å². The van der Waals surface area contributed by atoms with Crippen LogP contribution in [0, 0.1) is 5.41 Å². The normalized spacial score (nSPS) is 15.3. The summed E-state index contributed by atoms with van der Waals surface area (Å²) in [5, 5.41) is 11.7. The van der Waals surface area contributed by atoms with Gasteiger partial charge in [0.15, 0.2) is 0 Å². The standard InChI is InChI=1S/C15H18BrNO4/c16-11-4-1-2-5-12(11)21-9-3-6-13(18)17-10-15(7-8-15)14(19)20/h1-2,4-5H,3,6-10H2,(H,17,18)(H,19,20). The maximum atomic E-state index is 11.6. The number of rotatable bonds is 8. The van der Waals surface area contributed by atoms with Crippen molar-refractivity contribution in [3.63, 3.8) is 0 Å². The number of aliphatic carboxylic acids is 1. The Balaban J connectivity index is 1.62. The molecule has 1 aromatic carbocycles. The van der Waals surface area contributed by atoms with Crippen molar-refractivity contribution in [2.24, 2.45) is 5.41 Å². The van der Waals surface area contributed by atoms with Gasteiger partial charge in [-0.25, -0.2) is 0 Å². The molecule has 5 nitrogen and oxygen atoms in total. The highest BCUT2D eigenvalue weighted by Crippen LogP contribution is 2.45. The molecule has 0 bridgehead atoms. The van der Waals surface area contributed by atoms with Crippen LogP contribution in [0.4, 0.5) is 0 Å². The predicted molar refractivity (Wildman–Crippen MR) is 81.2 cm³/mol. The fourth-order valence-corrected chi connectivity index (χ4v) is 2.35. The average Bonchev–Trinajstić information content (AvgIpc) is 3.24. The maximum Gasteiger partial charge on any atom is 0.311 e. The Bertz CT molecular complexity index is 528. The third-order valence-corrected chi connectivity index (χ3v) is 4.23. The van der Waals surface area contributed by atoms with Gasteiger partial charge in [0.1, 0.15) is 5.75 Å². The summed E-state index contributed by atoms with van der Waals surface area (Å²) in [7, 11) is 0. The molecular formula is C15H18BrNO4. The van der Waals surface area contributed by atoms with Crippen LogP contribution in [0.5, 0.6) is 5.75 Å². The molecule has 0 spiro atoms. The van der Waals surface area contributed by atoms with Crippen LogP contribution in [0.25, 0.3) is 0 Å². The van der Waals surface area contributed by atoms with E-state index >= 15 is 0 Å². The van der Waals surface area contributed by atoms with Crippen molar-refractivity contribution in [2.45, 2.75) is 25.7 Å². The van der Waals surface area contributed by atoms with E-state index in [0.717, 1.165) is 10.2 Å². The van der Waals surface area contributed by atoms with Crippen molar-refractivity contribution in [1.82, 2.24) is 5.32 Å². The van der Waals surface area contributed by atoms with E-state index in [4.69, 9.17) is 9.84 Å². The van der Waals surface area contributed by atoms with E-state index in [1.54, 1.807) is 0 Å². The molecule has 1 saturated carbocycles. The number of halogens is 1. The molecule has 0 radical (unpaired) electrons. The largest absolute Gasteiger partial charge is 0.492 e. The molecular weight excluding hydrogens is 338 g/mol. The summed E-state index contributed by atoms with van der Waals surface area (Å²) < 4.78 is 6.44. The Morgan fingerprint density at radius 3 is 2.67 bits per heavy atom. The predicted octanol–water partition coefficient (Wildman–Crippen LogP) is 2.59. The van der Waals surface area contributed by atoms with Crippen LogP contribution in [0.3, 0.4) is 0 Å². The van der Waals surface area contributed by atoms with Crippen molar-refractivity contribution in [2.75, 3.05) is 13.2 Å². The van der Waals surface area contributed by atoms with E-state index in [1.165, 1.54) is 0 Å². The minimum absolute atomic E-state index is 0.127. The third-order valence-electron chi connectivity index (χ3n) is 3.57. The fraction of sp³-hybridized carbons (Fsp3) is 0.467. The highest BCUT2D eigenvalue weighted by atomic mass is 79.9. The first-order valence-electron chi connectivity index (χ1n) is 6.91. The number of nitrogens with one attached hydrogen (secondary N) is 1. The SMILES string of the molecule is O=C(CCCOc1ccccc1Br)NCC1(C(=O)O)CC1. The Labute approximate surface area is 131 Å². The molecule has 0 aliphatic heterocycles. The van der Waals surface area contributed by atoms with Crippen LogP contribution in [-0.4, -0.2) is 30.1 Å². The molecule has 0 aromatic heterocycles. The van der Waals surface area contributed by atoms with Gasteiger partial charge in [-0.3, -0.25) is 9.59 Å². The molecule has 21 heavy (non-hydrogen) atoms. The summed E-state index contributed by atoms with van der Waals surface area (Å²) >= 11 is 3.38. The van der Waals surface area contributed by atoms with Crippen molar-refractivity contribution in [1.29, 1.82) is 0 Å². The van der Waals surface area contributed by atoms with Crippen LogP contribution in [-0.2, 0) is 9.59 Å². The van der Waals surface area contributed by atoms with Crippen molar-refractivity contribution in [3.05, 3.63) is 28.7 Å². The second-order valence-electron chi connectivity index (χ2n) is 5.24. The number of hydrogen-bond acceptors (Lipinski definition) is 3. The zero-order valence-corrected chi connectivity index (χ0v) is 13.2. The van der Waals surface area contributed by atoms with Gasteiger partial charge in [0.05, 0.1) is 16.5 Å². The highest BCUT2D eigenvalue weighted by Gasteiger charge is 2.50. The Kier molecular flexibility index (Phi) is 5.22. The lowest BCUT2D eigenvalue weighted by molar-refractivity contribution is -0.143. The summed E-state index contributed by atoms with van der Waals surface area (Å²) in [5.74, 6) is -0.195. The molecule has 1 fully saturated rings. The first-order valence-corrected chi connectivity index (χ1v) is 7.70. The van der Waals surface area contributed by atoms with Gasteiger partial charge in [-0.15, -0.1) is 0 Å². The fourth-order valence-electron chi connectivity index (χ4n) is 1.95. The minimum Gasteiger partial charge on any atom is -0.492 e. The van der Waals surface area contributed by atoms with Gasteiger partial charge in [0.2, 0.25) is 5.91 Å². The van der Waals surface area contributed by atoms with Crippen LogP contribution < -0.4 is 10.1 Å². The Morgan fingerprint density at radius 1 is 1.33 bits per heavy atom. The molecule has 1 amide bonds. The summed E-state index contributed by atoms with van der Waals surface area (Å²) in [4.78, 5) is 22.6. The van der Waals surface area contributed by atoms with E-state index in [0.29, 0.717) is 32.3 Å². The van der Waals surface area contributed by atoms with Gasteiger partial charge >= 0.3 is 5.97 Å². The number of carboxylic acid groups (broad SMARTS) is 1. The molecule has 0 atom stereocenters. The molecule has 2 N–H and O–H groups in total. The topological polar surface area (TPSA) is 75.6 Å². The number of hydrogen-bond donors (Lipinski definition) is 2. The van der Waals surface area contributed by atoms with Gasteiger partial charge in [0, 0.05) is 13.0 Å². The van der Waals surface area contributed by atoms with E-state index < -0.39 is 11.4 Å². The maximum absolute atomic E-state index is 11.6. The lowest BCUT2D eigenvalue weighted by atomic mass is 10.1. The molecule has 1 aromatic rings. The number of carboxylic acids is 1. The smallest absolute Gasteiger partial charge is 0.311 e. The summed E-state index contributed by atoms with van der Waals surface area (Å²) in [6, 6.07) is 7.53. The summed E-state index contributed by atoms with van der Waals surface area (Å²) in [6.07, 6.45) is 2.22. The lowest BCUT2D eigenvalue weighted by Crippen LogP contribution is -2.34. The quantitative estimate of drug-likeness (QED) is 0.702. The zero-order valence-electron chi connectivity index (χ0n) is 11.6. The average molecular weight is 356 g/mol. The second kappa shape index (κ2) is 6.93. The van der Waals surface area contributed by atoms with E-state index in [2.05, 4.69) is 21.2 Å². The van der Waals surface area contributed by atoms with Gasteiger partial charge in [0.25, 0.3) is 0 Å². The first-order chi connectivity index (χ1) is 10.0. The molecule has 0 saturated heterocycles. The summed E-state index contributed by atoms with van der Waals surface area (Å²) in [6.45, 7) is 0.673. The second-order valence-corrected chi connectivity index (χ2v) is 6.10. The molecule has 6 heteroatoms. The van der Waals surface area contributed by atoms with E-state index in [9.17, 15) is 9.59 Å². The lowest BCUT2D eigenvalue weighted by Gasteiger charge is -2.11. The molecule has 1 aliphatic carbocycles. The van der Waals surface area contributed by atoms with Crippen molar-refractivity contribution >= 4 is 27.8 Å². The number of benzene rings is 1. The number of para-hydroxylation sites is 1. The van der Waals surface area contributed by atoms with Crippen molar-refractivity contribution < 1.29 is 19.4 Å². The molecule has 0 unspecified atom stereocenters. The molecule has 1 aliphatic rings. The van der Waals surface area contributed by atoms with Gasteiger partial charge < -0.3 is 15.2 Å². The van der Waals surface area contributed by atoms with Crippen LogP contribution in [0.15, 0.2) is 28.7 Å². The van der Waals surface area contributed by atoms with Crippen molar-refractivity contribution in [3.8, 4) is 5.75 Å². The zero-order chi connectivity index (χ0) is 15.3. The van der Waals surface area contributed by atoms with Crippen LogP contribution in [0.1, 0.15) is 25.7 Å². The number of ether oxygens (including phenoxy) is 1.